The van der Waals surface area contributed by atoms with Gasteiger partial charge >= 0.3 is 0 Å². The van der Waals surface area contributed by atoms with Gasteiger partial charge in [0.1, 0.15) is 0 Å². The maximum absolute atomic E-state index is 12.3. The van der Waals surface area contributed by atoms with Crippen LogP contribution >= 0.6 is 15.9 Å². The van der Waals surface area contributed by atoms with E-state index < -0.39 is 0 Å². The number of fused-ring (bicyclic) bond motifs is 1. The van der Waals surface area contributed by atoms with Gasteiger partial charge in [0.05, 0.1) is 5.56 Å². The van der Waals surface area contributed by atoms with E-state index in [-0.39, 0.29) is 11.8 Å². The Morgan fingerprint density at radius 2 is 2.13 bits per heavy atom. The lowest BCUT2D eigenvalue weighted by Crippen LogP contribution is -2.34. The molecule has 0 unspecified atom stereocenters. The number of benzene rings is 1. The topological polar surface area (TPSA) is 62.3 Å². The molecule has 0 saturated heterocycles. The number of aromatic nitrogens is 1. The van der Waals surface area contributed by atoms with Gasteiger partial charge in [-0.2, -0.15) is 0 Å². The number of anilines is 2. The highest BCUT2D eigenvalue weighted by Crippen LogP contribution is 2.30. The summed E-state index contributed by atoms with van der Waals surface area (Å²) in [5, 5.41) is 2.88. The largest absolute Gasteiger partial charge is 0.322 e. The number of hydrogen-bond donors (Lipinski definition) is 1. The van der Waals surface area contributed by atoms with Gasteiger partial charge in [-0.3, -0.25) is 14.6 Å². The molecule has 1 aromatic heterocycles. The summed E-state index contributed by atoms with van der Waals surface area (Å²) in [6.45, 7) is 2.62. The number of nitrogens with zero attached hydrogens (tertiary/aromatic N) is 2. The van der Waals surface area contributed by atoms with Gasteiger partial charge in [-0.1, -0.05) is 0 Å². The molecule has 3 rings (SSSR count). The molecule has 1 aliphatic rings. The van der Waals surface area contributed by atoms with E-state index in [1.165, 1.54) is 6.20 Å². The van der Waals surface area contributed by atoms with Crippen molar-refractivity contribution in [3.63, 3.8) is 0 Å². The maximum atomic E-state index is 12.3. The van der Waals surface area contributed by atoms with Gasteiger partial charge in [-0.05, 0) is 59.1 Å². The van der Waals surface area contributed by atoms with Gasteiger partial charge in [0, 0.05) is 41.2 Å². The standard InChI is InChI=1S/C17H16BrN3O2/c1-2-21-15-5-4-14(8-11(15)3-6-16(21)22)20-17(23)12-7-13(18)10-19-9-12/h4-5,7-10H,2-3,6H2,1H3,(H,20,23). The van der Waals surface area contributed by atoms with Crippen molar-refractivity contribution in [2.75, 3.05) is 16.8 Å². The molecule has 6 heteroatoms. The minimum atomic E-state index is -0.210. The second kappa shape index (κ2) is 6.50. The molecule has 1 aliphatic heterocycles. The fourth-order valence-electron chi connectivity index (χ4n) is 2.72. The predicted octanol–water partition coefficient (Wildman–Crippen LogP) is 3.40. The summed E-state index contributed by atoms with van der Waals surface area (Å²) in [6.07, 6.45) is 4.36. The zero-order valence-corrected chi connectivity index (χ0v) is 14.3. The number of halogens is 1. The average Bonchev–Trinajstić information content (AvgIpc) is 2.55. The van der Waals surface area contributed by atoms with Crippen molar-refractivity contribution in [1.82, 2.24) is 4.98 Å². The Morgan fingerprint density at radius 1 is 1.30 bits per heavy atom. The van der Waals surface area contributed by atoms with Crippen LogP contribution in [0.25, 0.3) is 0 Å². The Labute approximate surface area is 142 Å². The molecule has 5 nitrogen and oxygen atoms in total. The van der Waals surface area contributed by atoms with E-state index >= 15 is 0 Å². The van der Waals surface area contributed by atoms with Crippen molar-refractivity contribution < 1.29 is 9.59 Å². The van der Waals surface area contributed by atoms with Crippen molar-refractivity contribution in [2.24, 2.45) is 0 Å². The lowest BCUT2D eigenvalue weighted by molar-refractivity contribution is -0.118. The molecule has 0 bridgehead atoms. The summed E-state index contributed by atoms with van der Waals surface area (Å²) in [5.74, 6) is -0.0602. The zero-order chi connectivity index (χ0) is 16.4. The Bertz CT molecular complexity index is 776. The highest BCUT2D eigenvalue weighted by Gasteiger charge is 2.23. The maximum Gasteiger partial charge on any atom is 0.257 e. The third kappa shape index (κ3) is 3.27. The molecule has 1 aromatic carbocycles. The second-order valence-electron chi connectivity index (χ2n) is 5.33. The molecule has 0 radical (unpaired) electrons. The lowest BCUT2D eigenvalue weighted by atomic mass is 10.0. The summed E-state index contributed by atoms with van der Waals surface area (Å²) in [4.78, 5) is 30.0. The summed E-state index contributed by atoms with van der Waals surface area (Å²) in [6, 6.07) is 7.38. The van der Waals surface area contributed by atoms with Gasteiger partial charge in [-0.15, -0.1) is 0 Å². The molecular weight excluding hydrogens is 358 g/mol. The molecule has 0 spiro atoms. The van der Waals surface area contributed by atoms with E-state index in [4.69, 9.17) is 0 Å². The average molecular weight is 374 g/mol. The lowest BCUT2D eigenvalue weighted by Gasteiger charge is -2.28. The summed E-state index contributed by atoms with van der Waals surface area (Å²) < 4.78 is 0.757. The summed E-state index contributed by atoms with van der Waals surface area (Å²) in [7, 11) is 0. The molecular formula is C17H16BrN3O2. The predicted molar refractivity (Wildman–Crippen MR) is 92.7 cm³/mol. The third-order valence-corrected chi connectivity index (χ3v) is 4.25. The first-order valence-corrected chi connectivity index (χ1v) is 8.23. The van der Waals surface area contributed by atoms with Crippen LogP contribution in [0.3, 0.4) is 0 Å². The van der Waals surface area contributed by atoms with E-state index in [1.807, 2.05) is 25.1 Å². The van der Waals surface area contributed by atoms with Crippen LogP contribution in [0.2, 0.25) is 0 Å². The highest BCUT2D eigenvalue weighted by molar-refractivity contribution is 9.10. The quantitative estimate of drug-likeness (QED) is 0.896. The van der Waals surface area contributed by atoms with Crippen molar-refractivity contribution >= 4 is 39.1 Å². The van der Waals surface area contributed by atoms with Gasteiger partial charge in [0.15, 0.2) is 0 Å². The molecule has 0 aliphatic carbocycles. The Hall–Kier alpha value is -2.21. The first kappa shape index (κ1) is 15.7. The van der Waals surface area contributed by atoms with E-state index in [0.717, 1.165) is 21.4 Å². The first-order chi connectivity index (χ1) is 11.1. The van der Waals surface area contributed by atoms with Crippen LogP contribution in [-0.2, 0) is 11.2 Å². The second-order valence-corrected chi connectivity index (χ2v) is 6.24. The van der Waals surface area contributed by atoms with Crippen molar-refractivity contribution in [2.45, 2.75) is 19.8 Å². The molecule has 23 heavy (non-hydrogen) atoms. The smallest absolute Gasteiger partial charge is 0.257 e. The molecule has 118 valence electrons. The molecule has 1 N–H and O–H groups in total. The summed E-state index contributed by atoms with van der Waals surface area (Å²) in [5.41, 5.74) is 3.23. The molecule has 0 fully saturated rings. The molecule has 2 heterocycles. The van der Waals surface area contributed by atoms with E-state index in [0.29, 0.717) is 24.9 Å². The number of nitrogens with one attached hydrogen (secondary N) is 1. The van der Waals surface area contributed by atoms with Crippen LogP contribution in [0, 0.1) is 0 Å². The highest BCUT2D eigenvalue weighted by atomic mass is 79.9. The van der Waals surface area contributed by atoms with Crippen LogP contribution < -0.4 is 10.2 Å². The minimum absolute atomic E-state index is 0.150. The number of aryl methyl sites for hydroxylation is 1. The van der Waals surface area contributed by atoms with Crippen LogP contribution in [0.1, 0.15) is 29.3 Å². The Kier molecular flexibility index (Phi) is 4.43. The fourth-order valence-corrected chi connectivity index (χ4v) is 3.09. The number of rotatable bonds is 3. The van der Waals surface area contributed by atoms with Crippen LogP contribution in [0.4, 0.5) is 11.4 Å². The van der Waals surface area contributed by atoms with Gasteiger partial charge in [-0.25, -0.2) is 0 Å². The number of pyridine rings is 1. The molecule has 0 atom stereocenters. The number of carbonyl (C=O) groups excluding carboxylic acids is 2. The van der Waals surface area contributed by atoms with Crippen molar-refractivity contribution in [3.8, 4) is 0 Å². The van der Waals surface area contributed by atoms with Gasteiger partial charge < -0.3 is 10.2 Å². The van der Waals surface area contributed by atoms with Crippen molar-refractivity contribution in [1.29, 1.82) is 0 Å². The number of amides is 2. The SMILES string of the molecule is CCN1C(=O)CCc2cc(NC(=O)c3cncc(Br)c3)ccc21. The van der Waals surface area contributed by atoms with E-state index in [1.54, 1.807) is 17.2 Å². The first-order valence-electron chi connectivity index (χ1n) is 7.43. The molecule has 0 saturated carbocycles. The molecule has 2 aromatic rings. The normalized spacial score (nSPS) is 13.7. The van der Waals surface area contributed by atoms with Crippen LogP contribution in [-0.4, -0.2) is 23.3 Å². The van der Waals surface area contributed by atoms with Crippen LogP contribution in [0.5, 0.6) is 0 Å². The van der Waals surface area contributed by atoms with E-state index in [9.17, 15) is 9.59 Å². The monoisotopic (exact) mass is 373 g/mol. The Balaban J connectivity index is 1.82. The van der Waals surface area contributed by atoms with Crippen LogP contribution in [0.15, 0.2) is 41.1 Å². The minimum Gasteiger partial charge on any atom is -0.322 e. The third-order valence-electron chi connectivity index (χ3n) is 3.82. The fraction of sp³-hybridized carbons (Fsp3) is 0.235. The van der Waals surface area contributed by atoms with Gasteiger partial charge in [0.2, 0.25) is 5.91 Å². The van der Waals surface area contributed by atoms with Gasteiger partial charge in [0.25, 0.3) is 5.91 Å². The zero-order valence-electron chi connectivity index (χ0n) is 12.7. The van der Waals surface area contributed by atoms with E-state index in [2.05, 4.69) is 26.2 Å². The number of carbonyl (C=O) groups is 2. The summed E-state index contributed by atoms with van der Waals surface area (Å²) >= 11 is 3.31. The molecule has 2 amide bonds. The van der Waals surface area contributed by atoms with Crippen molar-refractivity contribution in [3.05, 3.63) is 52.3 Å². The Morgan fingerprint density at radius 3 is 2.87 bits per heavy atom. The number of hydrogen-bond acceptors (Lipinski definition) is 3.